The monoisotopic (exact) mass is 408 g/mol. The van der Waals surface area contributed by atoms with Crippen molar-refractivity contribution in [3.8, 4) is 0 Å². The molecule has 5 N–H and O–H groups in total. The third-order valence-corrected chi connectivity index (χ3v) is 3.91. The number of hydrogen-bond acceptors (Lipinski definition) is 5. The van der Waals surface area contributed by atoms with Crippen LogP contribution in [0, 0.1) is 5.41 Å². The number of anilines is 2. The molecule has 2 aromatic carbocycles. The van der Waals surface area contributed by atoms with Crippen LogP contribution in [0.4, 0.5) is 11.5 Å². The van der Waals surface area contributed by atoms with Crippen molar-refractivity contribution in [2.75, 3.05) is 11.1 Å². The number of nitrogen functional groups attached to an aromatic ring is 1. The number of para-hydroxylation sites is 3. The minimum absolute atomic E-state index is 0.0661. The van der Waals surface area contributed by atoms with Gasteiger partial charge in [-0.3, -0.25) is 14.8 Å². The Bertz CT molecular complexity index is 1050. The van der Waals surface area contributed by atoms with Crippen molar-refractivity contribution in [3.63, 3.8) is 0 Å². The summed E-state index contributed by atoms with van der Waals surface area (Å²) in [5, 5.41) is 14.3. The molecule has 0 aliphatic rings. The van der Waals surface area contributed by atoms with Gasteiger partial charge in [0.15, 0.2) is 11.3 Å². The maximum absolute atomic E-state index is 11.4. The molecule has 3 rings (SSSR count). The first-order valence-corrected chi connectivity index (χ1v) is 10.1. The van der Waals surface area contributed by atoms with Gasteiger partial charge in [-0.1, -0.05) is 64.6 Å². The molecule has 30 heavy (non-hydrogen) atoms. The van der Waals surface area contributed by atoms with Crippen LogP contribution in [0.2, 0.25) is 0 Å². The van der Waals surface area contributed by atoms with E-state index < -0.39 is 0 Å². The number of fused-ring (bicyclic) bond motifs is 1. The number of hydrogen-bond donors (Lipinski definition) is 4. The average molecular weight is 409 g/mol. The van der Waals surface area contributed by atoms with E-state index >= 15 is 0 Å². The highest BCUT2D eigenvalue weighted by Gasteiger charge is 2.10. The fourth-order valence-corrected chi connectivity index (χ4v) is 2.71. The summed E-state index contributed by atoms with van der Waals surface area (Å²) >= 11 is 0. The summed E-state index contributed by atoms with van der Waals surface area (Å²) < 4.78 is 1.62. The number of rotatable bonds is 5. The van der Waals surface area contributed by atoms with Crippen LogP contribution in [0.25, 0.3) is 16.9 Å². The minimum atomic E-state index is -0.132. The van der Waals surface area contributed by atoms with Crippen molar-refractivity contribution in [2.45, 2.75) is 41.2 Å². The molecule has 1 amide bonds. The SMILES string of the molecule is C=C(NCc1ccccc1NC(C)=O)n1c(=N)c(N)nc2ccccc21.CC.CC. The second-order valence-corrected chi connectivity index (χ2v) is 5.81. The Morgan fingerprint density at radius 1 is 1.10 bits per heavy atom. The molecular formula is C23H32N6O. The van der Waals surface area contributed by atoms with E-state index in [-0.39, 0.29) is 17.2 Å². The van der Waals surface area contributed by atoms with E-state index in [1.807, 2.05) is 76.2 Å². The molecule has 0 aliphatic carbocycles. The second kappa shape index (κ2) is 12.1. The molecular weight excluding hydrogens is 376 g/mol. The van der Waals surface area contributed by atoms with Gasteiger partial charge in [-0.2, -0.15) is 0 Å². The van der Waals surface area contributed by atoms with E-state index in [1.54, 1.807) is 4.57 Å². The predicted molar refractivity (Wildman–Crippen MR) is 126 cm³/mol. The summed E-state index contributed by atoms with van der Waals surface area (Å²) in [6.45, 7) is 13.9. The van der Waals surface area contributed by atoms with Crippen molar-refractivity contribution in [1.82, 2.24) is 14.9 Å². The van der Waals surface area contributed by atoms with E-state index in [4.69, 9.17) is 11.1 Å². The summed E-state index contributed by atoms with van der Waals surface area (Å²) in [4.78, 5) is 15.6. The van der Waals surface area contributed by atoms with E-state index in [2.05, 4.69) is 22.2 Å². The minimum Gasteiger partial charge on any atom is -0.381 e. The maximum atomic E-state index is 11.4. The highest BCUT2D eigenvalue weighted by molar-refractivity contribution is 5.89. The van der Waals surface area contributed by atoms with Crippen molar-refractivity contribution < 1.29 is 4.79 Å². The molecule has 0 saturated heterocycles. The van der Waals surface area contributed by atoms with Gasteiger partial charge < -0.3 is 16.4 Å². The van der Waals surface area contributed by atoms with Crippen molar-refractivity contribution in [2.24, 2.45) is 0 Å². The Labute approximate surface area is 178 Å². The van der Waals surface area contributed by atoms with Gasteiger partial charge in [-0.15, -0.1) is 0 Å². The van der Waals surface area contributed by atoms with Crippen LogP contribution in [-0.4, -0.2) is 15.5 Å². The van der Waals surface area contributed by atoms with Crippen LogP contribution in [0.5, 0.6) is 0 Å². The quantitative estimate of drug-likeness (QED) is 0.504. The fourth-order valence-electron chi connectivity index (χ4n) is 2.71. The van der Waals surface area contributed by atoms with Gasteiger partial charge in [0.1, 0.15) is 5.82 Å². The molecule has 0 radical (unpaired) electrons. The molecule has 3 aromatic rings. The Morgan fingerprint density at radius 3 is 2.37 bits per heavy atom. The number of aromatic nitrogens is 2. The van der Waals surface area contributed by atoms with Gasteiger partial charge in [-0.05, 0) is 23.8 Å². The van der Waals surface area contributed by atoms with Crippen molar-refractivity contribution in [1.29, 1.82) is 5.41 Å². The lowest BCUT2D eigenvalue weighted by atomic mass is 10.1. The second-order valence-electron chi connectivity index (χ2n) is 5.81. The standard InChI is InChI=1S/C19H20N6O.2C2H6/c1-12(22-11-14-7-3-4-8-15(14)23-13(2)26)25-17-10-6-5-9-16(17)24-18(20)19(25)21;2*1-2/h3-10,21-22H,1,11H2,2H3,(H2,20,24)(H,23,26);2*1-2H3. The molecule has 0 saturated carbocycles. The topological polar surface area (TPSA) is 109 Å². The number of nitrogens with zero attached hydrogens (tertiary/aromatic N) is 2. The zero-order valence-electron chi connectivity index (χ0n) is 18.4. The molecule has 1 aromatic heterocycles. The third kappa shape index (κ3) is 5.94. The molecule has 0 aliphatic heterocycles. The first-order valence-electron chi connectivity index (χ1n) is 10.1. The van der Waals surface area contributed by atoms with Crippen LogP contribution in [0.15, 0.2) is 55.1 Å². The highest BCUT2D eigenvalue weighted by Crippen LogP contribution is 2.17. The molecule has 7 heteroatoms. The lowest BCUT2D eigenvalue weighted by molar-refractivity contribution is -0.114. The number of carbonyl (C=O) groups excluding carboxylic acids is 1. The third-order valence-electron chi connectivity index (χ3n) is 3.91. The Kier molecular flexibility index (Phi) is 9.82. The maximum Gasteiger partial charge on any atom is 0.221 e. The van der Waals surface area contributed by atoms with E-state index in [0.717, 1.165) is 16.8 Å². The highest BCUT2D eigenvalue weighted by atomic mass is 16.1. The zero-order valence-corrected chi connectivity index (χ0v) is 18.4. The van der Waals surface area contributed by atoms with Gasteiger partial charge >= 0.3 is 0 Å². The summed E-state index contributed by atoms with van der Waals surface area (Å²) in [5.41, 5.74) is 9.00. The lowest BCUT2D eigenvalue weighted by Gasteiger charge is -2.17. The Balaban J connectivity index is 0.00000106. The molecule has 0 fully saturated rings. The molecule has 0 atom stereocenters. The lowest BCUT2D eigenvalue weighted by Crippen LogP contribution is -2.29. The van der Waals surface area contributed by atoms with Gasteiger partial charge in [0, 0.05) is 19.2 Å². The Morgan fingerprint density at radius 2 is 1.70 bits per heavy atom. The average Bonchev–Trinajstić information content (AvgIpc) is 2.76. The first kappa shape index (κ1) is 24.4. The molecule has 0 bridgehead atoms. The summed E-state index contributed by atoms with van der Waals surface area (Å²) in [6, 6.07) is 14.9. The normalized spacial score (nSPS) is 9.50. The van der Waals surface area contributed by atoms with Gasteiger partial charge in [-0.25, -0.2) is 4.98 Å². The van der Waals surface area contributed by atoms with E-state index in [9.17, 15) is 4.79 Å². The molecule has 0 spiro atoms. The summed E-state index contributed by atoms with van der Waals surface area (Å²) in [7, 11) is 0. The van der Waals surface area contributed by atoms with E-state index in [1.165, 1.54) is 6.92 Å². The van der Waals surface area contributed by atoms with Gasteiger partial charge in [0.25, 0.3) is 0 Å². The van der Waals surface area contributed by atoms with Crippen LogP contribution in [-0.2, 0) is 11.3 Å². The zero-order chi connectivity index (χ0) is 22.7. The number of amides is 1. The molecule has 1 heterocycles. The first-order chi connectivity index (χ1) is 14.5. The van der Waals surface area contributed by atoms with Crippen LogP contribution >= 0.6 is 0 Å². The molecule has 160 valence electrons. The number of benzene rings is 2. The summed E-state index contributed by atoms with van der Waals surface area (Å²) in [5.74, 6) is 0.496. The van der Waals surface area contributed by atoms with Crippen LogP contribution < -0.4 is 21.9 Å². The van der Waals surface area contributed by atoms with Gasteiger partial charge in [0.05, 0.1) is 11.0 Å². The van der Waals surface area contributed by atoms with Crippen molar-refractivity contribution >= 4 is 34.3 Å². The van der Waals surface area contributed by atoms with E-state index in [0.29, 0.717) is 17.9 Å². The van der Waals surface area contributed by atoms with Gasteiger partial charge in [0.2, 0.25) is 5.91 Å². The fraction of sp³-hybridized carbons (Fsp3) is 0.261. The number of nitrogens with one attached hydrogen (secondary N) is 3. The molecule has 0 unspecified atom stereocenters. The number of carbonyl (C=O) groups is 1. The largest absolute Gasteiger partial charge is 0.381 e. The predicted octanol–water partition coefficient (Wildman–Crippen LogP) is 4.33. The molecule has 7 nitrogen and oxygen atoms in total. The smallest absolute Gasteiger partial charge is 0.221 e. The van der Waals surface area contributed by atoms with Crippen LogP contribution in [0.3, 0.4) is 0 Å². The number of nitrogens with two attached hydrogens (primary N) is 1. The van der Waals surface area contributed by atoms with Crippen LogP contribution in [0.1, 0.15) is 40.2 Å². The Hall–Kier alpha value is -3.61. The van der Waals surface area contributed by atoms with Crippen molar-refractivity contribution in [3.05, 3.63) is 66.2 Å². The summed E-state index contributed by atoms with van der Waals surface area (Å²) in [6.07, 6.45) is 0.